The second-order valence-corrected chi connectivity index (χ2v) is 4.62. The normalized spacial score (nSPS) is 23.6. The summed E-state index contributed by atoms with van der Waals surface area (Å²) < 4.78 is 5.91. The van der Waals surface area contributed by atoms with Crippen molar-refractivity contribution in [3.05, 3.63) is 46.4 Å². The first-order chi connectivity index (χ1) is 7.84. The maximum Gasteiger partial charge on any atom is 0.143 e. The number of benzene rings is 1. The SMILES string of the molecule is N[C@H]1CC(c2cscn2)Oc2ccccc21. The fourth-order valence-electron chi connectivity index (χ4n) is 2.02. The molecule has 2 N–H and O–H groups in total. The lowest BCUT2D eigenvalue weighted by Gasteiger charge is -2.29. The fourth-order valence-corrected chi connectivity index (χ4v) is 2.61. The molecule has 1 aliphatic heterocycles. The highest BCUT2D eigenvalue weighted by Crippen LogP contribution is 2.38. The number of fused-ring (bicyclic) bond motifs is 1. The van der Waals surface area contributed by atoms with E-state index in [0.717, 1.165) is 23.4 Å². The summed E-state index contributed by atoms with van der Waals surface area (Å²) in [5.41, 5.74) is 10.0. The maximum atomic E-state index is 6.14. The molecule has 0 aliphatic carbocycles. The molecule has 3 rings (SSSR count). The standard InChI is InChI=1S/C12H12N2OS/c13-9-5-12(10-6-16-7-14-10)15-11-4-2-1-3-8(9)11/h1-4,6-7,9,12H,5,13H2/t9-,12?/m0/s1. The summed E-state index contributed by atoms with van der Waals surface area (Å²) in [6, 6.07) is 7.99. The third-order valence-electron chi connectivity index (χ3n) is 2.84. The van der Waals surface area contributed by atoms with E-state index in [4.69, 9.17) is 10.5 Å². The van der Waals surface area contributed by atoms with Crippen LogP contribution in [0.2, 0.25) is 0 Å². The summed E-state index contributed by atoms with van der Waals surface area (Å²) in [5.74, 6) is 0.888. The summed E-state index contributed by atoms with van der Waals surface area (Å²) in [6.07, 6.45) is 0.789. The van der Waals surface area contributed by atoms with Gasteiger partial charge in [-0.2, -0.15) is 0 Å². The molecule has 1 aromatic heterocycles. The zero-order valence-corrected chi connectivity index (χ0v) is 9.48. The van der Waals surface area contributed by atoms with Crippen molar-refractivity contribution in [2.75, 3.05) is 0 Å². The molecule has 16 heavy (non-hydrogen) atoms. The molecule has 0 fully saturated rings. The molecule has 0 saturated heterocycles. The summed E-state index contributed by atoms with van der Waals surface area (Å²) in [5, 5.41) is 2.02. The lowest BCUT2D eigenvalue weighted by atomic mass is 9.96. The number of nitrogens with zero attached hydrogens (tertiary/aromatic N) is 1. The number of hydrogen-bond acceptors (Lipinski definition) is 4. The Kier molecular flexibility index (Phi) is 2.38. The smallest absolute Gasteiger partial charge is 0.143 e. The van der Waals surface area contributed by atoms with E-state index in [1.165, 1.54) is 0 Å². The molecule has 1 aromatic carbocycles. The van der Waals surface area contributed by atoms with E-state index in [-0.39, 0.29) is 12.1 Å². The average molecular weight is 232 g/mol. The van der Waals surface area contributed by atoms with Crippen molar-refractivity contribution in [3.63, 3.8) is 0 Å². The molecule has 2 aromatic rings. The molecule has 82 valence electrons. The third kappa shape index (κ3) is 1.60. The van der Waals surface area contributed by atoms with Crippen molar-refractivity contribution in [2.45, 2.75) is 18.6 Å². The van der Waals surface area contributed by atoms with Crippen LogP contribution in [0.25, 0.3) is 0 Å². The Morgan fingerprint density at radius 3 is 3.06 bits per heavy atom. The Balaban J connectivity index is 1.95. The van der Waals surface area contributed by atoms with Gasteiger partial charge in [0, 0.05) is 23.4 Å². The van der Waals surface area contributed by atoms with E-state index in [1.54, 1.807) is 11.3 Å². The molecule has 1 unspecified atom stereocenters. The summed E-state index contributed by atoms with van der Waals surface area (Å²) in [7, 11) is 0. The largest absolute Gasteiger partial charge is 0.484 e. The minimum absolute atomic E-state index is 0.00356. The molecule has 0 spiro atoms. The predicted molar refractivity (Wildman–Crippen MR) is 63.5 cm³/mol. The third-order valence-corrected chi connectivity index (χ3v) is 3.44. The lowest BCUT2D eigenvalue weighted by Crippen LogP contribution is -2.24. The van der Waals surface area contributed by atoms with Gasteiger partial charge >= 0.3 is 0 Å². The second-order valence-electron chi connectivity index (χ2n) is 3.90. The van der Waals surface area contributed by atoms with Crippen LogP contribution >= 0.6 is 11.3 Å². The molecule has 3 nitrogen and oxygen atoms in total. The molecule has 1 aliphatic rings. The van der Waals surface area contributed by atoms with Gasteiger partial charge in [0.25, 0.3) is 0 Å². The quantitative estimate of drug-likeness (QED) is 0.822. The van der Waals surface area contributed by atoms with Crippen molar-refractivity contribution < 1.29 is 4.74 Å². The van der Waals surface area contributed by atoms with Gasteiger partial charge in [0.2, 0.25) is 0 Å². The monoisotopic (exact) mass is 232 g/mol. The second kappa shape index (κ2) is 3.88. The van der Waals surface area contributed by atoms with Gasteiger partial charge in [-0.25, -0.2) is 4.98 Å². The van der Waals surface area contributed by atoms with Crippen molar-refractivity contribution in [2.24, 2.45) is 5.73 Å². The molecular formula is C12H12N2OS. The van der Waals surface area contributed by atoms with Crippen LogP contribution in [0.15, 0.2) is 35.2 Å². The van der Waals surface area contributed by atoms with Gasteiger partial charge in [-0.15, -0.1) is 11.3 Å². The van der Waals surface area contributed by atoms with Crippen LogP contribution in [0.3, 0.4) is 0 Å². The van der Waals surface area contributed by atoms with E-state index in [1.807, 2.05) is 35.2 Å². The van der Waals surface area contributed by atoms with Crippen LogP contribution in [0.5, 0.6) is 5.75 Å². The molecule has 2 atom stereocenters. The molecule has 0 radical (unpaired) electrons. The number of ether oxygens (including phenoxy) is 1. The lowest BCUT2D eigenvalue weighted by molar-refractivity contribution is 0.158. The van der Waals surface area contributed by atoms with Gasteiger partial charge in [-0.1, -0.05) is 18.2 Å². The van der Waals surface area contributed by atoms with E-state index >= 15 is 0 Å². The predicted octanol–water partition coefficient (Wildman–Crippen LogP) is 2.67. The van der Waals surface area contributed by atoms with Crippen molar-refractivity contribution in [1.82, 2.24) is 4.98 Å². The molecule has 0 amide bonds. The number of nitrogens with two attached hydrogens (primary N) is 1. The van der Waals surface area contributed by atoms with E-state index in [2.05, 4.69) is 4.98 Å². The number of thiazole rings is 1. The number of para-hydroxylation sites is 1. The van der Waals surface area contributed by atoms with Crippen molar-refractivity contribution in [1.29, 1.82) is 0 Å². The van der Waals surface area contributed by atoms with Crippen LogP contribution in [0, 0.1) is 0 Å². The molecule has 0 saturated carbocycles. The van der Waals surface area contributed by atoms with Crippen LogP contribution in [0.1, 0.15) is 29.8 Å². The highest BCUT2D eigenvalue weighted by Gasteiger charge is 2.27. The first-order valence-electron chi connectivity index (χ1n) is 5.24. The summed E-state index contributed by atoms with van der Waals surface area (Å²) in [4.78, 5) is 4.29. The first kappa shape index (κ1) is 9.81. The number of aromatic nitrogens is 1. The van der Waals surface area contributed by atoms with Gasteiger partial charge in [0.1, 0.15) is 11.9 Å². The van der Waals surface area contributed by atoms with Crippen LogP contribution in [-0.4, -0.2) is 4.98 Å². The zero-order valence-electron chi connectivity index (χ0n) is 8.67. The molecular weight excluding hydrogens is 220 g/mol. The highest BCUT2D eigenvalue weighted by molar-refractivity contribution is 7.07. The topological polar surface area (TPSA) is 48.1 Å². The highest BCUT2D eigenvalue weighted by atomic mass is 32.1. The molecule has 2 heterocycles. The maximum absolute atomic E-state index is 6.14. The Morgan fingerprint density at radius 1 is 1.38 bits per heavy atom. The minimum atomic E-state index is -0.00356. The van der Waals surface area contributed by atoms with Gasteiger partial charge in [0.15, 0.2) is 0 Å². The Morgan fingerprint density at radius 2 is 2.25 bits per heavy atom. The fraction of sp³-hybridized carbons (Fsp3) is 0.250. The number of rotatable bonds is 1. The summed E-state index contributed by atoms with van der Waals surface area (Å²) >= 11 is 1.58. The Hall–Kier alpha value is -1.39. The van der Waals surface area contributed by atoms with E-state index in [0.29, 0.717) is 0 Å². The average Bonchev–Trinajstić information content (AvgIpc) is 2.82. The van der Waals surface area contributed by atoms with Crippen LogP contribution in [0.4, 0.5) is 0 Å². The van der Waals surface area contributed by atoms with E-state index < -0.39 is 0 Å². The van der Waals surface area contributed by atoms with Crippen molar-refractivity contribution >= 4 is 11.3 Å². The Bertz CT molecular complexity index is 484. The molecule has 0 bridgehead atoms. The Labute approximate surface area is 97.9 Å². The van der Waals surface area contributed by atoms with E-state index in [9.17, 15) is 0 Å². The summed E-state index contributed by atoms with van der Waals surface area (Å²) in [6.45, 7) is 0. The van der Waals surface area contributed by atoms with Crippen LogP contribution < -0.4 is 10.5 Å². The van der Waals surface area contributed by atoms with Crippen LogP contribution in [-0.2, 0) is 0 Å². The zero-order chi connectivity index (χ0) is 11.0. The van der Waals surface area contributed by atoms with Gasteiger partial charge in [0.05, 0.1) is 11.2 Å². The van der Waals surface area contributed by atoms with Gasteiger partial charge in [-0.3, -0.25) is 0 Å². The van der Waals surface area contributed by atoms with Gasteiger partial charge < -0.3 is 10.5 Å². The van der Waals surface area contributed by atoms with Crippen molar-refractivity contribution in [3.8, 4) is 5.75 Å². The minimum Gasteiger partial charge on any atom is -0.484 e. The van der Waals surface area contributed by atoms with Gasteiger partial charge in [-0.05, 0) is 6.07 Å². The molecule has 4 heteroatoms. The number of hydrogen-bond donors (Lipinski definition) is 1. The first-order valence-corrected chi connectivity index (χ1v) is 6.18.